The number of amides is 2. The van der Waals surface area contributed by atoms with E-state index in [1.54, 1.807) is 24.4 Å². The molecule has 0 atom stereocenters. The van der Waals surface area contributed by atoms with Gasteiger partial charge in [0.1, 0.15) is 11.2 Å². The fraction of sp³-hybridized carbons (Fsp3) is 0.240. The second kappa shape index (κ2) is 8.91. The van der Waals surface area contributed by atoms with Crippen LogP contribution in [0.1, 0.15) is 53.3 Å². The summed E-state index contributed by atoms with van der Waals surface area (Å²) < 4.78 is 0. The van der Waals surface area contributed by atoms with Crippen LogP contribution < -0.4 is 10.6 Å². The first-order chi connectivity index (χ1) is 14.7. The highest BCUT2D eigenvalue weighted by molar-refractivity contribution is 5.98. The minimum absolute atomic E-state index is 0.151. The first-order valence-electron chi connectivity index (χ1n) is 10.3. The standard InChI is InChI=1S/C25H25N3O2/c29-23(21-15-7-10-18-26-21)28-25(16-8-9-17-25)24(30)27-22(19-11-3-1-4-12-19)20-13-5-2-6-14-20/h1-7,10-15,18,22H,8-9,16-17H2,(H,27,30)(H,28,29). The van der Waals surface area contributed by atoms with Crippen molar-refractivity contribution < 1.29 is 9.59 Å². The van der Waals surface area contributed by atoms with Crippen LogP contribution in [0.5, 0.6) is 0 Å². The molecule has 5 nitrogen and oxygen atoms in total. The summed E-state index contributed by atoms with van der Waals surface area (Å²) in [6.07, 6.45) is 4.62. The van der Waals surface area contributed by atoms with Crippen LogP contribution in [0, 0.1) is 0 Å². The zero-order chi connectivity index (χ0) is 20.8. The predicted molar refractivity (Wildman–Crippen MR) is 116 cm³/mol. The van der Waals surface area contributed by atoms with E-state index in [-0.39, 0.29) is 17.9 Å². The Bertz CT molecular complexity index is 945. The van der Waals surface area contributed by atoms with Crippen LogP contribution in [0.3, 0.4) is 0 Å². The normalized spacial score (nSPS) is 15.0. The van der Waals surface area contributed by atoms with Crippen LogP contribution in [0.15, 0.2) is 85.1 Å². The Morgan fingerprint density at radius 2 is 1.37 bits per heavy atom. The number of aromatic nitrogens is 1. The lowest BCUT2D eigenvalue weighted by atomic mass is 9.93. The van der Waals surface area contributed by atoms with Gasteiger partial charge in [-0.1, -0.05) is 79.6 Å². The summed E-state index contributed by atoms with van der Waals surface area (Å²) in [7, 11) is 0. The number of nitrogens with zero attached hydrogens (tertiary/aromatic N) is 1. The average molecular weight is 399 g/mol. The topological polar surface area (TPSA) is 71.1 Å². The quantitative estimate of drug-likeness (QED) is 0.657. The molecule has 1 aromatic heterocycles. The second-order valence-corrected chi connectivity index (χ2v) is 7.69. The third-order valence-electron chi connectivity index (χ3n) is 5.68. The Morgan fingerprint density at radius 1 is 0.800 bits per heavy atom. The maximum absolute atomic E-state index is 13.5. The van der Waals surface area contributed by atoms with Crippen LogP contribution in [0.4, 0.5) is 0 Å². The van der Waals surface area contributed by atoms with E-state index in [4.69, 9.17) is 0 Å². The second-order valence-electron chi connectivity index (χ2n) is 7.69. The lowest BCUT2D eigenvalue weighted by molar-refractivity contribution is -0.127. The van der Waals surface area contributed by atoms with Crippen LogP contribution in [-0.2, 0) is 4.79 Å². The molecule has 2 amide bonds. The third kappa shape index (κ3) is 4.25. The Labute approximate surface area is 176 Å². The maximum atomic E-state index is 13.5. The third-order valence-corrected chi connectivity index (χ3v) is 5.68. The number of nitrogens with one attached hydrogen (secondary N) is 2. The Hall–Kier alpha value is -3.47. The molecule has 2 aromatic carbocycles. The Balaban J connectivity index is 1.60. The van der Waals surface area contributed by atoms with Crippen molar-refractivity contribution in [2.45, 2.75) is 37.3 Å². The van der Waals surface area contributed by atoms with E-state index in [0.29, 0.717) is 18.5 Å². The van der Waals surface area contributed by atoms with Gasteiger partial charge in [-0.05, 0) is 36.1 Å². The van der Waals surface area contributed by atoms with Gasteiger partial charge in [-0.3, -0.25) is 14.6 Å². The van der Waals surface area contributed by atoms with Gasteiger partial charge in [0.05, 0.1) is 6.04 Å². The van der Waals surface area contributed by atoms with Crippen molar-refractivity contribution >= 4 is 11.8 Å². The number of rotatable bonds is 6. The average Bonchev–Trinajstić information content (AvgIpc) is 3.29. The van der Waals surface area contributed by atoms with Gasteiger partial charge in [-0.25, -0.2) is 0 Å². The van der Waals surface area contributed by atoms with E-state index in [1.807, 2.05) is 60.7 Å². The van der Waals surface area contributed by atoms with Gasteiger partial charge in [0.2, 0.25) is 5.91 Å². The number of hydrogen-bond acceptors (Lipinski definition) is 3. The molecule has 1 heterocycles. The number of hydrogen-bond donors (Lipinski definition) is 2. The van der Waals surface area contributed by atoms with Crippen LogP contribution in [-0.4, -0.2) is 22.3 Å². The number of pyridine rings is 1. The van der Waals surface area contributed by atoms with E-state index in [1.165, 1.54) is 0 Å². The minimum Gasteiger partial charge on any atom is -0.343 e. The minimum atomic E-state index is -0.920. The molecule has 1 saturated carbocycles. The maximum Gasteiger partial charge on any atom is 0.270 e. The van der Waals surface area contributed by atoms with Gasteiger partial charge in [-0.15, -0.1) is 0 Å². The smallest absolute Gasteiger partial charge is 0.270 e. The van der Waals surface area contributed by atoms with Crippen LogP contribution in [0.25, 0.3) is 0 Å². The lowest BCUT2D eigenvalue weighted by Gasteiger charge is -2.31. The molecule has 0 radical (unpaired) electrons. The molecular weight excluding hydrogens is 374 g/mol. The summed E-state index contributed by atoms with van der Waals surface area (Å²) in [6.45, 7) is 0. The zero-order valence-corrected chi connectivity index (χ0v) is 16.8. The monoisotopic (exact) mass is 399 g/mol. The number of carbonyl (C=O) groups excluding carboxylic acids is 2. The first kappa shape index (κ1) is 19.8. The highest BCUT2D eigenvalue weighted by Crippen LogP contribution is 2.32. The van der Waals surface area contributed by atoms with Gasteiger partial charge in [-0.2, -0.15) is 0 Å². The van der Waals surface area contributed by atoms with Crippen molar-refractivity contribution in [2.24, 2.45) is 0 Å². The van der Waals surface area contributed by atoms with Gasteiger partial charge in [0, 0.05) is 6.20 Å². The van der Waals surface area contributed by atoms with Crippen molar-refractivity contribution in [3.63, 3.8) is 0 Å². The van der Waals surface area contributed by atoms with E-state index < -0.39 is 5.54 Å². The van der Waals surface area contributed by atoms with Gasteiger partial charge in [0.15, 0.2) is 0 Å². The summed E-state index contributed by atoms with van der Waals surface area (Å²) in [5.74, 6) is -0.467. The van der Waals surface area contributed by atoms with Crippen molar-refractivity contribution in [3.05, 3.63) is 102 Å². The molecule has 1 aliphatic carbocycles. The molecule has 4 rings (SSSR count). The summed E-state index contributed by atoms with van der Waals surface area (Å²) in [5.41, 5.74) is 1.40. The molecule has 0 bridgehead atoms. The molecule has 1 aliphatic rings. The Kier molecular flexibility index (Phi) is 5.89. The van der Waals surface area contributed by atoms with Crippen molar-refractivity contribution in [1.82, 2.24) is 15.6 Å². The molecule has 0 aliphatic heterocycles. The largest absolute Gasteiger partial charge is 0.343 e. The lowest BCUT2D eigenvalue weighted by Crippen LogP contribution is -2.57. The molecule has 0 saturated heterocycles. The molecule has 30 heavy (non-hydrogen) atoms. The van der Waals surface area contributed by atoms with Gasteiger partial charge in [0.25, 0.3) is 5.91 Å². The fourth-order valence-electron chi connectivity index (χ4n) is 4.09. The van der Waals surface area contributed by atoms with E-state index in [0.717, 1.165) is 24.0 Å². The van der Waals surface area contributed by atoms with Gasteiger partial charge < -0.3 is 10.6 Å². The first-order valence-corrected chi connectivity index (χ1v) is 10.3. The molecule has 0 spiro atoms. The van der Waals surface area contributed by atoms with Crippen LogP contribution >= 0.6 is 0 Å². The summed E-state index contributed by atoms with van der Waals surface area (Å²) >= 11 is 0. The highest BCUT2D eigenvalue weighted by atomic mass is 16.2. The Morgan fingerprint density at radius 3 is 1.90 bits per heavy atom. The summed E-state index contributed by atoms with van der Waals surface area (Å²) in [4.78, 5) is 30.5. The summed E-state index contributed by atoms with van der Waals surface area (Å²) in [6, 6.07) is 24.7. The molecule has 1 fully saturated rings. The van der Waals surface area contributed by atoms with Crippen molar-refractivity contribution in [1.29, 1.82) is 0 Å². The number of benzene rings is 2. The number of carbonyl (C=O) groups is 2. The molecule has 2 N–H and O–H groups in total. The SMILES string of the molecule is O=C(NC1(C(=O)NC(c2ccccc2)c2ccccc2)CCCC1)c1ccccn1. The van der Waals surface area contributed by atoms with Crippen molar-refractivity contribution in [3.8, 4) is 0 Å². The zero-order valence-electron chi connectivity index (χ0n) is 16.8. The molecule has 5 heteroatoms. The molecule has 0 unspecified atom stereocenters. The van der Waals surface area contributed by atoms with E-state index in [2.05, 4.69) is 15.6 Å². The highest BCUT2D eigenvalue weighted by Gasteiger charge is 2.43. The predicted octanol–water partition coefficient (Wildman–Crippen LogP) is 4.03. The summed E-state index contributed by atoms with van der Waals surface area (Å²) in [5, 5.41) is 6.22. The van der Waals surface area contributed by atoms with Crippen molar-refractivity contribution in [2.75, 3.05) is 0 Å². The molecular formula is C25H25N3O2. The fourth-order valence-corrected chi connectivity index (χ4v) is 4.09. The van der Waals surface area contributed by atoms with Crippen LogP contribution in [0.2, 0.25) is 0 Å². The van der Waals surface area contributed by atoms with E-state index >= 15 is 0 Å². The molecule has 3 aromatic rings. The molecule has 152 valence electrons. The van der Waals surface area contributed by atoms with Gasteiger partial charge >= 0.3 is 0 Å². The van der Waals surface area contributed by atoms with E-state index in [9.17, 15) is 9.59 Å².